The smallest absolute Gasteiger partial charge is 0.331 e. The molecule has 4 fully saturated rings. The van der Waals surface area contributed by atoms with E-state index >= 15 is 0 Å². The van der Waals surface area contributed by atoms with Gasteiger partial charge in [-0.15, -0.1) is 0 Å². The summed E-state index contributed by atoms with van der Waals surface area (Å²) >= 11 is 0. The molecule has 0 amide bonds. The first-order chi connectivity index (χ1) is 15.3. The standard InChI is InChI=1S/C22H32O10/c1-13(23)32-20-15-4-14-5-16(20)8-22(6-14,7-15)21(26)31-10-17(30-12-19(25)28-3)9-29-11-18(24)27-2/h14-17,20H,4-12H2,1-3H3. The highest BCUT2D eigenvalue weighted by molar-refractivity contribution is 5.78. The quantitative estimate of drug-likeness (QED) is 0.329. The summed E-state index contributed by atoms with van der Waals surface area (Å²) in [6.07, 6.45) is 3.13. The molecule has 180 valence electrons. The maximum Gasteiger partial charge on any atom is 0.331 e. The van der Waals surface area contributed by atoms with Crippen molar-refractivity contribution in [3.63, 3.8) is 0 Å². The zero-order chi connectivity index (χ0) is 23.3. The first-order valence-corrected chi connectivity index (χ1v) is 10.9. The largest absolute Gasteiger partial charge is 0.467 e. The summed E-state index contributed by atoms with van der Waals surface area (Å²) in [5, 5.41) is 0. The van der Waals surface area contributed by atoms with Crippen molar-refractivity contribution >= 4 is 23.9 Å². The fourth-order valence-corrected chi connectivity index (χ4v) is 5.66. The van der Waals surface area contributed by atoms with Crippen molar-refractivity contribution in [2.45, 2.75) is 51.2 Å². The molecule has 4 rings (SSSR count). The van der Waals surface area contributed by atoms with Gasteiger partial charge in [0.15, 0.2) is 0 Å². The Balaban J connectivity index is 1.57. The second-order valence-electron chi connectivity index (χ2n) is 9.02. The molecular formula is C22H32O10. The molecule has 32 heavy (non-hydrogen) atoms. The van der Waals surface area contributed by atoms with Crippen LogP contribution >= 0.6 is 0 Å². The lowest BCUT2D eigenvalue weighted by Gasteiger charge is -2.57. The van der Waals surface area contributed by atoms with Gasteiger partial charge in [-0.25, -0.2) is 9.59 Å². The van der Waals surface area contributed by atoms with Gasteiger partial charge in [0, 0.05) is 6.92 Å². The van der Waals surface area contributed by atoms with Gasteiger partial charge in [-0.2, -0.15) is 0 Å². The van der Waals surface area contributed by atoms with E-state index in [0.29, 0.717) is 18.8 Å². The van der Waals surface area contributed by atoms with Crippen LogP contribution in [-0.2, 0) is 47.6 Å². The molecule has 0 aromatic heterocycles. The van der Waals surface area contributed by atoms with Gasteiger partial charge in [0.2, 0.25) is 0 Å². The second kappa shape index (κ2) is 10.6. The molecular weight excluding hydrogens is 424 g/mol. The van der Waals surface area contributed by atoms with Crippen molar-refractivity contribution in [2.75, 3.05) is 40.6 Å². The average molecular weight is 456 g/mol. The van der Waals surface area contributed by atoms with E-state index in [1.165, 1.54) is 21.1 Å². The molecule has 4 bridgehead atoms. The minimum Gasteiger partial charge on any atom is -0.467 e. The number of hydrogen-bond donors (Lipinski definition) is 0. The molecule has 0 aliphatic heterocycles. The summed E-state index contributed by atoms with van der Waals surface area (Å²) in [5.74, 6) is -0.924. The van der Waals surface area contributed by atoms with E-state index in [1.807, 2.05) is 0 Å². The lowest BCUT2D eigenvalue weighted by Crippen LogP contribution is -2.57. The predicted octanol–water partition coefficient (Wildman–Crippen LogP) is 1.04. The Morgan fingerprint density at radius 2 is 1.53 bits per heavy atom. The van der Waals surface area contributed by atoms with Crippen LogP contribution in [0.15, 0.2) is 0 Å². The van der Waals surface area contributed by atoms with Crippen LogP contribution in [-0.4, -0.2) is 76.7 Å². The Morgan fingerprint density at radius 1 is 0.906 bits per heavy atom. The second-order valence-corrected chi connectivity index (χ2v) is 9.02. The van der Waals surface area contributed by atoms with E-state index in [-0.39, 0.29) is 56.3 Å². The molecule has 10 nitrogen and oxygen atoms in total. The van der Waals surface area contributed by atoms with Gasteiger partial charge in [-0.3, -0.25) is 9.59 Å². The van der Waals surface area contributed by atoms with Crippen molar-refractivity contribution in [2.24, 2.45) is 23.2 Å². The molecule has 10 heteroatoms. The Bertz CT molecular complexity index is 704. The molecule has 4 aliphatic rings. The maximum atomic E-state index is 13.2. The Labute approximate surface area is 187 Å². The Hall–Kier alpha value is -2.20. The van der Waals surface area contributed by atoms with E-state index in [9.17, 15) is 19.2 Å². The monoisotopic (exact) mass is 456 g/mol. The summed E-state index contributed by atoms with van der Waals surface area (Å²) in [6.45, 7) is 0.628. The number of esters is 4. The van der Waals surface area contributed by atoms with Crippen molar-refractivity contribution in [1.82, 2.24) is 0 Å². The lowest BCUT2D eigenvalue weighted by atomic mass is 9.48. The van der Waals surface area contributed by atoms with Gasteiger partial charge >= 0.3 is 23.9 Å². The van der Waals surface area contributed by atoms with Crippen LogP contribution in [0.3, 0.4) is 0 Å². The van der Waals surface area contributed by atoms with Crippen LogP contribution in [0.2, 0.25) is 0 Å². The highest BCUT2D eigenvalue weighted by atomic mass is 16.6. The highest BCUT2D eigenvalue weighted by Crippen LogP contribution is 2.61. The zero-order valence-electron chi connectivity index (χ0n) is 18.8. The SMILES string of the molecule is COC(=O)COCC(COC(=O)C12CC3CC(C1)C(OC(C)=O)C(C3)C2)OCC(=O)OC. The molecule has 0 saturated heterocycles. The van der Waals surface area contributed by atoms with Gasteiger partial charge in [0.1, 0.15) is 32.0 Å². The maximum absolute atomic E-state index is 13.2. The number of carbonyl (C=O) groups is 4. The molecule has 4 aliphatic carbocycles. The highest BCUT2D eigenvalue weighted by Gasteiger charge is 2.60. The first-order valence-electron chi connectivity index (χ1n) is 10.9. The number of methoxy groups -OCH3 is 2. The molecule has 0 radical (unpaired) electrons. The minimum atomic E-state index is -0.745. The third-order valence-electron chi connectivity index (χ3n) is 6.74. The van der Waals surface area contributed by atoms with Gasteiger partial charge in [-0.1, -0.05) is 0 Å². The lowest BCUT2D eigenvalue weighted by molar-refractivity contribution is -0.197. The Morgan fingerprint density at radius 3 is 2.12 bits per heavy atom. The van der Waals surface area contributed by atoms with Crippen LogP contribution in [0.4, 0.5) is 0 Å². The predicted molar refractivity (Wildman–Crippen MR) is 107 cm³/mol. The summed E-state index contributed by atoms with van der Waals surface area (Å²) in [6, 6.07) is 0. The third kappa shape index (κ3) is 5.78. The van der Waals surface area contributed by atoms with Gasteiger partial charge in [0.05, 0.1) is 26.2 Å². The summed E-state index contributed by atoms with van der Waals surface area (Å²) < 4.78 is 31.0. The molecule has 0 heterocycles. The van der Waals surface area contributed by atoms with Crippen molar-refractivity contribution < 1.29 is 47.6 Å². The van der Waals surface area contributed by atoms with Crippen LogP contribution in [0.25, 0.3) is 0 Å². The van der Waals surface area contributed by atoms with Crippen molar-refractivity contribution in [3.05, 3.63) is 0 Å². The van der Waals surface area contributed by atoms with Crippen LogP contribution in [0, 0.1) is 23.2 Å². The van der Waals surface area contributed by atoms with Crippen molar-refractivity contribution in [1.29, 1.82) is 0 Å². The molecule has 4 saturated carbocycles. The average Bonchev–Trinajstić information content (AvgIpc) is 2.76. The number of rotatable bonds is 11. The molecule has 0 aromatic carbocycles. The fourth-order valence-electron chi connectivity index (χ4n) is 5.66. The van der Waals surface area contributed by atoms with Crippen LogP contribution < -0.4 is 0 Å². The molecule has 0 N–H and O–H groups in total. The zero-order valence-corrected chi connectivity index (χ0v) is 18.8. The van der Waals surface area contributed by atoms with Crippen LogP contribution in [0.1, 0.15) is 39.0 Å². The first kappa shape index (κ1) is 24.4. The van der Waals surface area contributed by atoms with Gasteiger partial charge in [0.25, 0.3) is 0 Å². The normalized spacial score (nSPS) is 31.0. The van der Waals surface area contributed by atoms with Gasteiger partial charge < -0.3 is 28.4 Å². The van der Waals surface area contributed by atoms with E-state index in [0.717, 1.165) is 19.3 Å². The van der Waals surface area contributed by atoms with Gasteiger partial charge in [-0.05, 0) is 49.9 Å². The third-order valence-corrected chi connectivity index (χ3v) is 6.74. The number of hydrogen-bond acceptors (Lipinski definition) is 10. The minimum absolute atomic E-state index is 0.0607. The molecule has 0 aromatic rings. The van der Waals surface area contributed by atoms with Crippen molar-refractivity contribution in [3.8, 4) is 0 Å². The summed E-state index contributed by atoms with van der Waals surface area (Å²) in [4.78, 5) is 47.3. The van der Waals surface area contributed by atoms with E-state index in [4.69, 9.17) is 18.9 Å². The number of ether oxygens (including phenoxy) is 6. The molecule has 3 unspecified atom stereocenters. The van der Waals surface area contributed by atoms with E-state index < -0.39 is 23.5 Å². The van der Waals surface area contributed by atoms with E-state index in [1.54, 1.807) is 0 Å². The van der Waals surface area contributed by atoms with Crippen LogP contribution in [0.5, 0.6) is 0 Å². The topological polar surface area (TPSA) is 124 Å². The fraction of sp³-hybridized carbons (Fsp3) is 0.818. The molecule has 0 spiro atoms. The van der Waals surface area contributed by atoms with E-state index in [2.05, 4.69) is 9.47 Å². The number of carbonyl (C=O) groups excluding carboxylic acids is 4. The summed E-state index contributed by atoms with van der Waals surface area (Å²) in [5.41, 5.74) is -0.576. The summed E-state index contributed by atoms with van der Waals surface area (Å²) in [7, 11) is 2.49. The molecule has 3 atom stereocenters. The Kier molecular flexibility index (Phi) is 8.10.